The normalized spacial score (nSPS) is 16.1. The Morgan fingerprint density at radius 2 is 2.14 bits per heavy atom. The molecule has 0 radical (unpaired) electrons. The van der Waals surface area contributed by atoms with Crippen LogP contribution in [0.15, 0.2) is 22.7 Å². The lowest BCUT2D eigenvalue weighted by molar-refractivity contribution is -0.0318. The molecule has 1 aliphatic rings. The van der Waals surface area contributed by atoms with Crippen molar-refractivity contribution in [3.8, 4) is 11.4 Å². The number of benzene rings is 1. The number of rotatable bonds is 5. The summed E-state index contributed by atoms with van der Waals surface area (Å²) in [5.41, 5.74) is 1.96. The first kappa shape index (κ1) is 15.5. The van der Waals surface area contributed by atoms with Crippen molar-refractivity contribution in [2.45, 2.75) is 32.3 Å². The van der Waals surface area contributed by atoms with E-state index in [4.69, 9.17) is 25.6 Å². The second-order valence-electron chi connectivity index (χ2n) is 5.40. The monoisotopic (exact) mass is 322 g/mol. The van der Waals surface area contributed by atoms with Crippen molar-refractivity contribution in [2.75, 3.05) is 19.8 Å². The lowest BCUT2D eigenvalue weighted by Crippen LogP contribution is -2.24. The van der Waals surface area contributed by atoms with Crippen molar-refractivity contribution in [1.29, 1.82) is 0 Å². The van der Waals surface area contributed by atoms with Crippen LogP contribution in [0.2, 0.25) is 5.02 Å². The summed E-state index contributed by atoms with van der Waals surface area (Å²) in [5.74, 6) is 1.19. The smallest absolute Gasteiger partial charge is 0.229 e. The van der Waals surface area contributed by atoms with Crippen LogP contribution in [0.4, 0.5) is 0 Å². The molecule has 5 nitrogen and oxygen atoms in total. The predicted octanol–water partition coefficient (Wildman–Crippen LogP) is 3.44. The molecular formula is C16H19ClN2O3. The van der Waals surface area contributed by atoms with E-state index < -0.39 is 0 Å². The van der Waals surface area contributed by atoms with E-state index in [1.807, 2.05) is 25.1 Å². The van der Waals surface area contributed by atoms with Crippen LogP contribution in [0.25, 0.3) is 11.4 Å². The molecule has 3 rings (SSSR count). The summed E-state index contributed by atoms with van der Waals surface area (Å²) in [4.78, 5) is 4.43. The first-order valence-corrected chi connectivity index (χ1v) is 7.88. The summed E-state index contributed by atoms with van der Waals surface area (Å²) in [6.45, 7) is 4.13. The molecule has 1 fully saturated rings. The van der Waals surface area contributed by atoms with Crippen LogP contribution in [-0.2, 0) is 15.9 Å². The second-order valence-corrected chi connectivity index (χ2v) is 5.84. The Labute approximate surface area is 134 Å². The third-order valence-electron chi connectivity index (χ3n) is 3.74. The Hall–Kier alpha value is -1.43. The number of hydrogen-bond donors (Lipinski definition) is 0. The molecule has 0 amide bonds. The minimum atomic E-state index is 0.287. The fraction of sp³-hybridized carbons (Fsp3) is 0.500. The fourth-order valence-electron chi connectivity index (χ4n) is 2.50. The zero-order chi connectivity index (χ0) is 15.4. The van der Waals surface area contributed by atoms with Crippen LogP contribution in [0, 0.1) is 6.92 Å². The van der Waals surface area contributed by atoms with E-state index >= 15 is 0 Å². The molecule has 0 bridgehead atoms. The van der Waals surface area contributed by atoms with Gasteiger partial charge < -0.3 is 14.0 Å². The molecule has 6 heteroatoms. The molecule has 0 unspecified atom stereocenters. The van der Waals surface area contributed by atoms with Crippen LogP contribution in [-0.4, -0.2) is 36.1 Å². The molecular weight excluding hydrogens is 304 g/mol. The Bertz CT molecular complexity index is 624. The van der Waals surface area contributed by atoms with Crippen molar-refractivity contribution in [1.82, 2.24) is 10.1 Å². The van der Waals surface area contributed by atoms with Crippen LogP contribution in [0.3, 0.4) is 0 Å². The molecule has 118 valence electrons. The van der Waals surface area contributed by atoms with E-state index in [9.17, 15) is 0 Å². The molecule has 0 saturated carbocycles. The van der Waals surface area contributed by atoms with Crippen molar-refractivity contribution >= 4 is 11.6 Å². The van der Waals surface area contributed by atoms with Crippen molar-refractivity contribution in [3.05, 3.63) is 34.7 Å². The molecule has 0 spiro atoms. The summed E-state index contributed by atoms with van der Waals surface area (Å²) >= 11 is 5.96. The number of ether oxygens (including phenoxy) is 2. The number of nitrogens with zero attached hydrogens (tertiary/aromatic N) is 2. The van der Waals surface area contributed by atoms with Gasteiger partial charge in [0, 0.05) is 23.8 Å². The quantitative estimate of drug-likeness (QED) is 0.844. The molecule has 0 atom stereocenters. The Kier molecular flexibility index (Phi) is 5.08. The van der Waals surface area contributed by atoms with Crippen molar-refractivity contribution in [2.24, 2.45) is 0 Å². The Morgan fingerprint density at radius 1 is 1.32 bits per heavy atom. The van der Waals surface area contributed by atoms with E-state index in [1.54, 1.807) is 0 Å². The highest BCUT2D eigenvalue weighted by atomic mass is 35.5. The van der Waals surface area contributed by atoms with Crippen LogP contribution >= 0.6 is 11.6 Å². The maximum Gasteiger partial charge on any atom is 0.229 e. The maximum absolute atomic E-state index is 5.96. The number of aryl methyl sites for hydroxylation is 1. The molecule has 22 heavy (non-hydrogen) atoms. The Morgan fingerprint density at radius 3 is 2.91 bits per heavy atom. The van der Waals surface area contributed by atoms with Gasteiger partial charge in [-0.1, -0.05) is 16.8 Å². The van der Waals surface area contributed by atoms with Crippen LogP contribution in [0.5, 0.6) is 0 Å². The van der Waals surface area contributed by atoms with E-state index in [0.29, 0.717) is 29.8 Å². The van der Waals surface area contributed by atoms with E-state index in [1.165, 1.54) is 0 Å². The number of halogens is 1. The van der Waals surface area contributed by atoms with Gasteiger partial charge in [-0.25, -0.2) is 0 Å². The van der Waals surface area contributed by atoms with Gasteiger partial charge in [-0.05, 0) is 43.5 Å². The zero-order valence-electron chi connectivity index (χ0n) is 12.5. The molecule has 0 aliphatic carbocycles. The summed E-state index contributed by atoms with van der Waals surface area (Å²) < 4.78 is 16.4. The molecule has 1 saturated heterocycles. The fourth-order valence-corrected chi connectivity index (χ4v) is 2.73. The van der Waals surface area contributed by atoms with Gasteiger partial charge in [0.05, 0.1) is 19.1 Å². The molecule has 1 aliphatic heterocycles. The molecule has 1 aromatic heterocycles. The Balaban J connectivity index is 1.56. The van der Waals surface area contributed by atoms with Gasteiger partial charge in [0.25, 0.3) is 0 Å². The first-order valence-electron chi connectivity index (χ1n) is 7.51. The van der Waals surface area contributed by atoms with Gasteiger partial charge in [0.15, 0.2) is 0 Å². The van der Waals surface area contributed by atoms with E-state index in [-0.39, 0.29) is 6.10 Å². The van der Waals surface area contributed by atoms with E-state index in [0.717, 1.165) is 37.2 Å². The molecule has 2 aromatic rings. The maximum atomic E-state index is 5.96. The predicted molar refractivity (Wildman–Crippen MR) is 83.0 cm³/mol. The first-order chi connectivity index (χ1) is 10.7. The average molecular weight is 323 g/mol. The lowest BCUT2D eigenvalue weighted by Gasteiger charge is -2.21. The highest BCUT2D eigenvalue weighted by Crippen LogP contribution is 2.23. The number of aromatic nitrogens is 2. The average Bonchev–Trinajstić information content (AvgIpc) is 2.97. The summed E-state index contributed by atoms with van der Waals surface area (Å²) in [6, 6.07) is 5.63. The minimum absolute atomic E-state index is 0.287. The SMILES string of the molecule is Cc1cc(Cl)ccc1-c1noc(CCOC2CCOCC2)n1. The largest absolute Gasteiger partial charge is 0.381 e. The van der Waals surface area contributed by atoms with Crippen LogP contribution in [0.1, 0.15) is 24.3 Å². The van der Waals surface area contributed by atoms with Gasteiger partial charge in [-0.3, -0.25) is 0 Å². The highest BCUT2D eigenvalue weighted by Gasteiger charge is 2.15. The lowest BCUT2D eigenvalue weighted by atomic mass is 10.1. The standard InChI is InChI=1S/C16H19ClN2O3/c1-11-10-12(17)2-3-14(11)16-18-15(22-19-16)6-9-21-13-4-7-20-8-5-13/h2-3,10,13H,4-9H2,1H3. The van der Waals surface area contributed by atoms with Crippen molar-refractivity contribution in [3.63, 3.8) is 0 Å². The summed E-state index contributed by atoms with van der Waals surface area (Å²) in [5, 5.41) is 4.74. The molecule has 1 aromatic carbocycles. The zero-order valence-corrected chi connectivity index (χ0v) is 13.3. The third kappa shape index (κ3) is 3.85. The van der Waals surface area contributed by atoms with Gasteiger partial charge in [-0.2, -0.15) is 4.98 Å². The van der Waals surface area contributed by atoms with Gasteiger partial charge >= 0.3 is 0 Å². The highest BCUT2D eigenvalue weighted by molar-refractivity contribution is 6.30. The van der Waals surface area contributed by atoms with Gasteiger partial charge in [-0.15, -0.1) is 0 Å². The van der Waals surface area contributed by atoms with Crippen LogP contribution < -0.4 is 0 Å². The third-order valence-corrected chi connectivity index (χ3v) is 3.97. The topological polar surface area (TPSA) is 57.4 Å². The van der Waals surface area contributed by atoms with Gasteiger partial charge in [0.2, 0.25) is 11.7 Å². The second kappa shape index (κ2) is 7.22. The summed E-state index contributed by atoms with van der Waals surface area (Å²) in [6.07, 6.45) is 2.82. The van der Waals surface area contributed by atoms with Gasteiger partial charge in [0.1, 0.15) is 0 Å². The molecule has 0 N–H and O–H groups in total. The van der Waals surface area contributed by atoms with Crippen molar-refractivity contribution < 1.29 is 14.0 Å². The van der Waals surface area contributed by atoms with E-state index in [2.05, 4.69) is 10.1 Å². The molecule has 2 heterocycles. The minimum Gasteiger partial charge on any atom is -0.381 e. The number of hydrogen-bond acceptors (Lipinski definition) is 5. The summed E-state index contributed by atoms with van der Waals surface area (Å²) in [7, 11) is 0.